The van der Waals surface area contributed by atoms with E-state index in [1.807, 2.05) is 0 Å². The quantitative estimate of drug-likeness (QED) is 0.192. The molecule has 6 aliphatic rings. The first-order valence-electron chi connectivity index (χ1n) is 16.5. The Labute approximate surface area is 274 Å². The van der Waals surface area contributed by atoms with Gasteiger partial charge >= 0.3 is 0 Å². The van der Waals surface area contributed by atoms with Crippen LogP contribution < -0.4 is 35.7 Å². The summed E-state index contributed by atoms with van der Waals surface area (Å²) in [5.74, 6) is 3.10. The Bertz CT molecular complexity index is 2270. The van der Waals surface area contributed by atoms with E-state index < -0.39 is 0 Å². The predicted octanol–water partition coefficient (Wildman–Crippen LogP) is 7.41. The normalized spacial score (nSPS) is 22.8. The molecule has 4 nitrogen and oxygen atoms in total. The van der Waals surface area contributed by atoms with Gasteiger partial charge in [0.2, 0.25) is 0 Å². The van der Waals surface area contributed by atoms with Crippen molar-refractivity contribution in [3.8, 4) is 28.4 Å². The molecule has 0 N–H and O–H groups in total. The van der Waals surface area contributed by atoms with Gasteiger partial charge in [0.25, 0.3) is 6.71 Å². The van der Waals surface area contributed by atoms with Crippen molar-refractivity contribution in [2.24, 2.45) is 0 Å². The number of hydrogen-bond acceptors (Lipinski definition) is 4. The lowest BCUT2D eigenvalue weighted by molar-refractivity contribution is 0.218. The zero-order valence-corrected chi connectivity index (χ0v) is 25.5. The molecule has 4 aliphatic heterocycles. The molecular weight excluding hydrogens is 575 g/mol. The summed E-state index contributed by atoms with van der Waals surface area (Å²) < 4.78 is 13.3. The average Bonchev–Trinajstić information content (AvgIpc) is 3.48. The van der Waals surface area contributed by atoms with E-state index in [9.17, 15) is 0 Å². The predicted molar refractivity (Wildman–Crippen MR) is 192 cm³/mol. The zero-order chi connectivity index (χ0) is 30.6. The first-order valence-corrected chi connectivity index (χ1v) is 16.5. The topological polar surface area (TPSA) is 24.9 Å². The van der Waals surface area contributed by atoms with E-state index in [-0.39, 0.29) is 24.9 Å². The molecule has 5 aromatic carbocycles. The van der Waals surface area contributed by atoms with E-state index in [1.165, 1.54) is 44.5 Å². The highest BCUT2D eigenvalue weighted by molar-refractivity contribution is 6.99. The number of para-hydroxylation sites is 2. The molecule has 0 aromatic heterocycles. The second kappa shape index (κ2) is 9.43. The molecular formula is C42H29BN2O2. The summed E-state index contributed by atoms with van der Waals surface area (Å²) in [5.41, 5.74) is 12.4. The monoisotopic (exact) mass is 604 g/mol. The first kappa shape index (κ1) is 25.5. The summed E-state index contributed by atoms with van der Waals surface area (Å²) >= 11 is 0. The number of rotatable bonds is 2. The molecule has 5 aromatic rings. The highest BCUT2D eigenvalue weighted by atomic mass is 16.5. The highest BCUT2D eigenvalue weighted by Crippen LogP contribution is 2.51. The SMILES string of the molecule is C1=CC2Oc3ccccc3N(c3ccc4c(c3)B3c5cc(-c6ccccc6)ccc5Oc5ccc6c(c53)N4C3C=CC=CC63)C2C=C1. The van der Waals surface area contributed by atoms with Gasteiger partial charge < -0.3 is 19.3 Å². The third kappa shape index (κ3) is 3.49. The van der Waals surface area contributed by atoms with Gasteiger partial charge in [-0.05, 0) is 81.6 Å². The number of nitrogens with zero attached hydrogens (tertiary/aromatic N) is 2. The van der Waals surface area contributed by atoms with E-state index in [2.05, 4.69) is 162 Å². The number of fused-ring (bicyclic) bond motifs is 10. The van der Waals surface area contributed by atoms with Crippen molar-refractivity contribution in [3.63, 3.8) is 0 Å². The van der Waals surface area contributed by atoms with Crippen molar-refractivity contribution in [1.29, 1.82) is 0 Å². The molecule has 2 aliphatic carbocycles. The smallest absolute Gasteiger partial charge is 0.256 e. The molecule has 5 heteroatoms. The minimum absolute atomic E-state index is 0.0283. The van der Waals surface area contributed by atoms with Gasteiger partial charge in [0, 0.05) is 23.0 Å². The van der Waals surface area contributed by atoms with Gasteiger partial charge in [-0.25, -0.2) is 0 Å². The van der Waals surface area contributed by atoms with Crippen molar-refractivity contribution in [2.75, 3.05) is 9.80 Å². The number of allylic oxidation sites excluding steroid dienone is 4. The lowest BCUT2D eigenvalue weighted by atomic mass is 9.34. The summed E-state index contributed by atoms with van der Waals surface area (Å²) in [4.78, 5) is 5.05. The number of hydrogen-bond donors (Lipinski definition) is 0. The van der Waals surface area contributed by atoms with Gasteiger partial charge in [-0.1, -0.05) is 103 Å². The maximum atomic E-state index is 6.77. The average molecular weight is 605 g/mol. The molecule has 0 spiro atoms. The largest absolute Gasteiger partial charge is 0.482 e. The molecule has 0 saturated carbocycles. The Morgan fingerprint density at radius 1 is 0.553 bits per heavy atom. The van der Waals surface area contributed by atoms with Crippen molar-refractivity contribution in [2.45, 2.75) is 24.1 Å². The summed E-state index contributed by atoms with van der Waals surface area (Å²) in [6.07, 6.45) is 17.7. The van der Waals surface area contributed by atoms with Crippen LogP contribution in [0, 0.1) is 0 Å². The Kier molecular flexibility index (Phi) is 5.12. The maximum absolute atomic E-state index is 6.77. The standard InChI is InChI=1S/C42H29BN2O2/c1-2-10-26(11-3-1)27-18-22-37-32(24-27)43-31-25-28(44-35-14-6-8-16-38(35)47-39-17-9-7-15-36(39)44)19-21-34(31)45-33-13-5-4-12-29(33)30-20-23-40(46-37)41(43)42(30)45/h1-25,29,33,35,38H. The molecule has 0 saturated heterocycles. The highest BCUT2D eigenvalue weighted by Gasteiger charge is 2.49. The van der Waals surface area contributed by atoms with Crippen LogP contribution in [0.15, 0.2) is 152 Å². The molecule has 0 bridgehead atoms. The molecule has 0 amide bonds. The van der Waals surface area contributed by atoms with Gasteiger partial charge in [-0.15, -0.1) is 0 Å². The van der Waals surface area contributed by atoms with E-state index in [1.54, 1.807) is 0 Å². The molecule has 47 heavy (non-hydrogen) atoms. The van der Waals surface area contributed by atoms with Crippen molar-refractivity contribution in [1.82, 2.24) is 0 Å². The molecule has 4 heterocycles. The van der Waals surface area contributed by atoms with E-state index >= 15 is 0 Å². The fraction of sp³-hybridized carbons (Fsp3) is 0.0952. The van der Waals surface area contributed by atoms with Crippen LogP contribution in [0.2, 0.25) is 0 Å². The maximum Gasteiger partial charge on any atom is 0.256 e. The summed E-state index contributed by atoms with van der Waals surface area (Å²) in [7, 11) is 0. The molecule has 4 unspecified atom stereocenters. The summed E-state index contributed by atoms with van der Waals surface area (Å²) in [5, 5.41) is 0. The molecule has 4 atom stereocenters. The van der Waals surface area contributed by atoms with Gasteiger partial charge in [0.1, 0.15) is 23.4 Å². The fourth-order valence-electron chi connectivity index (χ4n) is 8.78. The van der Waals surface area contributed by atoms with Gasteiger partial charge in [0.15, 0.2) is 0 Å². The van der Waals surface area contributed by atoms with Gasteiger partial charge in [-0.2, -0.15) is 0 Å². The third-order valence-electron chi connectivity index (χ3n) is 10.8. The second-order valence-corrected chi connectivity index (χ2v) is 13.1. The third-order valence-corrected chi connectivity index (χ3v) is 10.8. The molecule has 0 radical (unpaired) electrons. The molecule has 222 valence electrons. The van der Waals surface area contributed by atoms with E-state index in [0.717, 1.165) is 28.6 Å². The molecule has 11 rings (SSSR count). The van der Waals surface area contributed by atoms with Crippen LogP contribution in [-0.2, 0) is 0 Å². The van der Waals surface area contributed by atoms with Crippen LogP contribution >= 0.6 is 0 Å². The lowest BCUT2D eigenvalue weighted by Gasteiger charge is -2.44. The summed E-state index contributed by atoms with van der Waals surface area (Å²) in [6.45, 7) is 0.0283. The van der Waals surface area contributed by atoms with E-state index in [0.29, 0.717) is 5.92 Å². The number of anilines is 4. The van der Waals surface area contributed by atoms with Crippen LogP contribution in [0.5, 0.6) is 17.2 Å². The number of ether oxygens (including phenoxy) is 2. The van der Waals surface area contributed by atoms with Crippen molar-refractivity contribution < 1.29 is 9.47 Å². The van der Waals surface area contributed by atoms with Crippen LogP contribution in [-0.4, -0.2) is 24.9 Å². The van der Waals surface area contributed by atoms with Crippen LogP contribution in [0.25, 0.3) is 11.1 Å². The van der Waals surface area contributed by atoms with Gasteiger partial charge in [-0.3, -0.25) is 0 Å². The summed E-state index contributed by atoms with van der Waals surface area (Å²) in [6, 6.07) is 37.7. The minimum Gasteiger partial charge on any atom is -0.482 e. The first-order chi connectivity index (χ1) is 23.3. The Balaban J connectivity index is 1.17. The Morgan fingerprint density at radius 3 is 2.30 bits per heavy atom. The number of benzene rings is 5. The zero-order valence-electron chi connectivity index (χ0n) is 25.5. The van der Waals surface area contributed by atoms with E-state index in [4.69, 9.17) is 9.47 Å². The Morgan fingerprint density at radius 2 is 1.36 bits per heavy atom. The molecule has 0 fully saturated rings. The second-order valence-electron chi connectivity index (χ2n) is 13.1. The van der Waals surface area contributed by atoms with Crippen molar-refractivity contribution >= 4 is 45.9 Å². The van der Waals surface area contributed by atoms with Crippen LogP contribution in [0.4, 0.5) is 22.7 Å². The van der Waals surface area contributed by atoms with Crippen molar-refractivity contribution in [3.05, 3.63) is 157 Å². The van der Waals surface area contributed by atoms with Gasteiger partial charge in [0.05, 0.1) is 17.8 Å². The minimum atomic E-state index is -0.0587. The van der Waals surface area contributed by atoms with Crippen LogP contribution in [0.1, 0.15) is 11.5 Å². The fourth-order valence-corrected chi connectivity index (χ4v) is 8.78. The lowest BCUT2D eigenvalue weighted by Crippen LogP contribution is -2.60. The Hall–Kier alpha value is -5.68. The van der Waals surface area contributed by atoms with Crippen LogP contribution in [0.3, 0.4) is 0 Å².